The van der Waals surface area contributed by atoms with Gasteiger partial charge < -0.3 is 5.11 Å². The van der Waals surface area contributed by atoms with E-state index in [9.17, 15) is 9.90 Å². The normalized spacial score (nSPS) is 21.3. The third-order valence-corrected chi connectivity index (χ3v) is 5.12. The summed E-state index contributed by atoms with van der Waals surface area (Å²) in [6.07, 6.45) is 2.51. The second kappa shape index (κ2) is 6.91. The quantitative estimate of drug-likeness (QED) is 0.898. The second-order valence-electron chi connectivity index (χ2n) is 6.19. The molecule has 0 amide bonds. The van der Waals surface area contributed by atoms with Crippen molar-refractivity contribution in [2.24, 2.45) is 13.0 Å². The van der Waals surface area contributed by atoms with Gasteiger partial charge in [-0.2, -0.15) is 5.10 Å². The van der Waals surface area contributed by atoms with Gasteiger partial charge >= 0.3 is 5.97 Å². The van der Waals surface area contributed by atoms with Crippen molar-refractivity contribution in [1.82, 2.24) is 19.7 Å². The van der Waals surface area contributed by atoms with Crippen molar-refractivity contribution in [2.45, 2.75) is 25.8 Å². The first-order valence-electron chi connectivity index (χ1n) is 8.07. The maximum absolute atomic E-state index is 11.7. The fourth-order valence-corrected chi connectivity index (χ4v) is 3.63. The first kappa shape index (κ1) is 16.9. The summed E-state index contributed by atoms with van der Waals surface area (Å²) in [5.41, 5.74) is 2.79. The average Bonchev–Trinajstić information content (AvgIpc) is 3.12. The van der Waals surface area contributed by atoms with E-state index in [1.807, 2.05) is 32.2 Å². The third kappa shape index (κ3) is 3.16. The van der Waals surface area contributed by atoms with E-state index >= 15 is 0 Å². The lowest BCUT2D eigenvalue weighted by Crippen LogP contribution is -2.23. The molecule has 1 saturated heterocycles. The molecule has 1 aliphatic rings. The van der Waals surface area contributed by atoms with Crippen LogP contribution in [0.5, 0.6) is 0 Å². The number of aryl methyl sites for hydroxylation is 2. The summed E-state index contributed by atoms with van der Waals surface area (Å²) in [7, 11) is 1.83. The van der Waals surface area contributed by atoms with Crippen LogP contribution in [-0.2, 0) is 24.8 Å². The van der Waals surface area contributed by atoms with E-state index < -0.39 is 11.9 Å². The second-order valence-corrected chi connectivity index (χ2v) is 6.55. The summed E-state index contributed by atoms with van der Waals surface area (Å²) >= 11 is 6.37. The number of carboxylic acid groups (broad SMARTS) is 1. The van der Waals surface area contributed by atoms with E-state index in [0.717, 1.165) is 23.4 Å². The summed E-state index contributed by atoms with van der Waals surface area (Å²) in [5.74, 6) is -1.34. The summed E-state index contributed by atoms with van der Waals surface area (Å²) in [6.45, 7) is 3.80. The van der Waals surface area contributed by atoms with Crippen LogP contribution in [0.1, 0.15) is 29.8 Å². The standard InChI is InChI=1S/C17H21ClN4O2/c1-3-14-13(16(18)21(2)20-14)10-22-8-11(12(9-22)17(23)24)15-6-4-5-7-19-15/h4-7,11-12H,3,8-10H2,1-2H3,(H,23,24)/t11-,12-/m0/s1. The van der Waals surface area contributed by atoms with Gasteiger partial charge in [-0.05, 0) is 18.6 Å². The molecule has 0 radical (unpaired) electrons. The van der Waals surface area contributed by atoms with Gasteiger partial charge in [0.15, 0.2) is 0 Å². The SMILES string of the molecule is CCc1nn(C)c(Cl)c1CN1C[C@H](C(=O)O)[C@@H](c2ccccn2)C1. The van der Waals surface area contributed by atoms with Gasteiger partial charge in [-0.15, -0.1) is 0 Å². The zero-order valence-electron chi connectivity index (χ0n) is 13.8. The molecule has 0 unspecified atom stereocenters. The molecule has 24 heavy (non-hydrogen) atoms. The average molecular weight is 349 g/mol. The van der Waals surface area contributed by atoms with E-state index in [0.29, 0.717) is 24.8 Å². The van der Waals surface area contributed by atoms with E-state index in [2.05, 4.69) is 15.0 Å². The lowest BCUT2D eigenvalue weighted by atomic mass is 9.93. The van der Waals surface area contributed by atoms with Gasteiger partial charge in [0.05, 0.1) is 11.6 Å². The summed E-state index contributed by atoms with van der Waals surface area (Å²) in [5, 5.41) is 14.6. The molecule has 1 N–H and O–H groups in total. The Hall–Kier alpha value is -1.92. The zero-order chi connectivity index (χ0) is 17.3. The molecule has 3 rings (SSSR count). The van der Waals surface area contributed by atoms with E-state index in [-0.39, 0.29) is 5.92 Å². The van der Waals surface area contributed by atoms with E-state index in [1.54, 1.807) is 10.9 Å². The number of aliphatic carboxylic acids is 1. The number of aromatic nitrogens is 3. The predicted octanol–water partition coefficient (Wildman–Crippen LogP) is 2.33. The van der Waals surface area contributed by atoms with Crippen molar-refractivity contribution in [3.05, 3.63) is 46.5 Å². The molecule has 1 aliphatic heterocycles. The van der Waals surface area contributed by atoms with Crippen molar-refractivity contribution in [3.63, 3.8) is 0 Å². The molecule has 0 bridgehead atoms. The molecule has 0 spiro atoms. The Morgan fingerprint density at radius 1 is 1.42 bits per heavy atom. The molecule has 6 nitrogen and oxygen atoms in total. The van der Waals surface area contributed by atoms with E-state index in [4.69, 9.17) is 11.6 Å². The van der Waals surface area contributed by atoms with E-state index in [1.165, 1.54) is 0 Å². The molecular weight excluding hydrogens is 328 g/mol. The lowest BCUT2D eigenvalue weighted by Gasteiger charge is -2.16. The summed E-state index contributed by atoms with van der Waals surface area (Å²) < 4.78 is 1.68. The number of carboxylic acids is 1. The Bertz CT molecular complexity index is 732. The van der Waals surface area contributed by atoms with Crippen molar-refractivity contribution >= 4 is 17.6 Å². The largest absolute Gasteiger partial charge is 0.481 e. The highest BCUT2D eigenvalue weighted by molar-refractivity contribution is 6.30. The first-order chi connectivity index (χ1) is 11.5. The van der Waals surface area contributed by atoms with Gasteiger partial charge in [-0.1, -0.05) is 24.6 Å². The number of carbonyl (C=O) groups is 1. The van der Waals surface area contributed by atoms with Crippen molar-refractivity contribution < 1.29 is 9.90 Å². The van der Waals surface area contributed by atoms with Crippen LogP contribution in [0.25, 0.3) is 0 Å². The van der Waals surface area contributed by atoms with Crippen LogP contribution in [-0.4, -0.2) is 43.8 Å². The smallest absolute Gasteiger partial charge is 0.308 e. The van der Waals surface area contributed by atoms with Crippen LogP contribution in [0.15, 0.2) is 24.4 Å². The predicted molar refractivity (Wildman–Crippen MR) is 91.0 cm³/mol. The minimum atomic E-state index is -0.777. The highest BCUT2D eigenvalue weighted by Crippen LogP contribution is 2.34. The number of likely N-dealkylation sites (tertiary alicyclic amines) is 1. The molecule has 7 heteroatoms. The van der Waals surface area contributed by atoms with Crippen LogP contribution in [0.3, 0.4) is 0 Å². The summed E-state index contributed by atoms with van der Waals surface area (Å²) in [6, 6.07) is 5.64. The molecule has 128 valence electrons. The number of hydrogen-bond donors (Lipinski definition) is 1. The Balaban J connectivity index is 1.83. The number of hydrogen-bond acceptors (Lipinski definition) is 4. The zero-order valence-corrected chi connectivity index (χ0v) is 14.6. The lowest BCUT2D eigenvalue weighted by molar-refractivity contribution is -0.141. The highest BCUT2D eigenvalue weighted by atomic mass is 35.5. The Morgan fingerprint density at radius 3 is 2.83 bits per heavy atom. The highest BCUT2D eigenvalue weighted by Gasteiger charge is 2.39. The number of nitrogens with zero attached hydrogens (tertiary/aromatic N) is 4. The van der Waals surface area contributed by atoms with Crippen LogP contribution in [0.2, 0.25) is 5.15 Å². The Labute approximate surface area is 146 Å². The number of pyridine rings is 1. The minimum absolute atomic E-state index is 0.107. The molecule has 3 heterocycles. The molecule has 1 fully saturated rings. The molecule has 2 aromatic rings. The van der Waals surface area contributed by atoms with Crippen LogP contribution >= 0.6 is 11.6 Å². The van der Waals surface area contributed by atoms with Gasteiger partial charge in [-0.25, -0.2) is 0 Å². The van der Waals surface area contributed by atoms with Crippen molar-refractivity contribution in [1.29, 1.82) is 0 Å². The monoisotopic (exact) mass is 348 g/mol. The van der Waals surface area contributed by atoms with Crippen LogP contribution in [0.4, 0.5) is 0 Å². The number of rotatable bonds is 5. The fraction of sp³-hybridized carbons (Fsp3) is 0.471. The van der Waals surface area contributed by atoms with Gasteiger partial charge in [0, 0.05) is 50.1 Å². The topological polar surface area (TPSA) is 71.2 Å². The fourth-order valence-electron chi connectivity index (χ4n) is 3.42. The molecule has 0 aliphatic carbocycles. The summed E-state index contributed by atoms with van der Waals surface area (Å²) in [4.78, 5) is 18.2. The number of halogens is 1. The maximum atomic E-state index is 11.7. The first-order valence-corrected chi connectivity index (χ1v) is 8.45. The maximum Gasteiger partial charge on any atom is 0.308 e. The van der Waals surface area contributed by atoms with Crippen LogP contribution < -0.4 is 0 Å². The van der Waals surface area contributed by atoms with Gasteiger partial charge in [-0.3, -0.25) is 19.4 Å². The van der Waals surface area contributed by atoms with Crippen molar-refractivity contribution in [3.8, 4) is 0 Å². The minimum Gasteiger partial charge on any atom is -0.481 e. The van der Waals surface area contributed by atoms with Crippen molar-refractivity contribution in [2.75, 3.05) is 13.1 Å². The van der Waals surface area contributed by atoms with Crippen LogP contribution in [0, 0.1) is 5.92 Å². The molecule has 2 atom stereocenters. The van der Waals surface area contributed by atoms with Gasteiger partial charge in [0.25, 0.3) is 0 Å². The Kier molecular flexibility index (Phi) is 4.87. The van der Waals surface area contributed by atoms with Gasteiger partial charge in [0.2, 0.25) is 0 Å². The Morgan fingerprint density at radius 2 is 2.21 bits per heavy atom. The van der Waals surface area contributed by atoms with Gasteiger partial charge in [0.1, 0.15) is 5.15 Å². The third-order valence-electron chi connectivity index (χ3n) is 4.65. The molecule has 0 aromatic carbocycles. The molecule has 2 aromatic heterocycles. The molecule has 0 saturated carbocycles. The molecular formula is C17H21ClN4O2.